The van der Waals surface area contributed by atoms with Crippen LogP contribution in [-0.4, -0.2) is 47.4 Å². The fourth-order valence-corrected chi connectivity index (χ4v) is 11.6. The molecule has 0 rings (SSSR count). The number of esters is 1. The average Bonchev–Trinajstić information content (AvgIpc) is 3.44. The molecular formula is C72H141NO5. The molecule has 464 valence electrons. The first kappa shape index (κ1) is 76.6. The lowest BCUT2D eigenvalue weighted by Gasteiger charge is -2.20. The van der Waals surface area contributed by atoms with Gasteiger partial charge in [-0.15, -0.1) is 0 Å². The third kappa shape index (κ3) is 63.8. The standard InChI is InChI=1S/C72H141NO5/c1-3-5-7-9-11-13-15-17-19-33-36-40-44-48-52-56-60-64-70(75)69(68-74)73-71(76)65-61-57-53-49-45-41-37-34-31-29-27-25-23-21-22-24-26-28-30-32-35-39-43-47-51-55-59-63-67-78-72(77)66-62-58-54-50-46-42-38-20-18-16-14-12-10-8-6-4-2/h60,64,69-70,74-75H,3-59,61-63,65-68H2,1-2H3,(H,73,76)/b64-60+. The topological polar surface area (TPSA) is 95.9 Å². The molecule has 0 saturated carbocycles. The van der Waals surface area contributed by atoms with Crippen molar-refractivity contribution >= 4 is 11.9 Å². The van der Waals surface area contributed by atoms with E-state index in [0.717, 1.165) is 38.5 Å². The van der Waals surface area contributed by atoms with Gasteiger partial charge >= 0.3 is 5.97 Å². The molecule has 0 aliphatic carbocycles. The van der Waals surface area contributed by atoms with Crippen LogP contribution in [0.2, 0.25) is 0 Å². The molecule has 0 bridgehead atoms. The molecule has 0 aromatic heterocycles. The average molecular weight is 1100 g/mol. The second-order valence-corrected chi connectivity index (χ2v) is 24.9. The van der Waals surface area contributed by atoms with E-state index >= 15 is 0 Å². The highest BCUT2D eigenvalue weighted by atomic mass is 16.5. The molecule has 3 N–H and O–H groups in total. The zero-order chi connectivity index (χ0) is 56.4. The van der Waals surface area contributed by atoms with Crippen LogP contribution in [0.4, 0.5) is 0 Å². The lowest BCUT2D eigenvalue weighted by molar-refractivity contribution is -0.143. The zero-order valence-corrected chi connectivity index (χ0v) is 53.2. The summed E-state index contributed by atoms with van der Waals surface area (Å²) in [6.07, 6.45) is 84.4. The molecule has 0 spiro atoms. The van der Waals surface area contributed by atoms with Crippen LogP contribution >= 0.6 is 0 Å². The van der Waals surface area contributed by atoms with E-state index in [1.54, 1.807) is 6.08 Å². The minimum absolute atomic E-state index is 0.0229. The van der Waals surface area contributed by atoms with Crippen molar-refractivity contribution in [3.63, 3.8) is 0 Å². The number of rotatable bonds is 68. The Balaban J connectivity index is 3.34. The maximum atomic E-state index is 12.5. The first-order valence-electron chi connectivity index (χ1n) is 36.0. The van der Waals surface area contributed by atoms with E-state index in [2.05, 4.69) is 19.2 Å². The van der Waals surface area contributed by atoms with Gasteiger partial charge in [0.15, 0.2) is 0 Å². The number of nitrogens with one attached hydrogen (secondary N) is 1. The largest absolute Gasteiger partial charge is 0.466 e. The van der Waals surface area contributed by atoms with Gasteiger partial charge in [0.2, 0.25) is 5.91 Å². The Kier molecular flexibility index (Phi) is 66.9. The van der Waals surface area contributed by atoms with E-state index < -0.39 is 12.1 Å². The Labute approximate surface area is 489 Å². The van der Waals surface area contributed by atoms with Crippen LogP contribution in [0, 0.1) is 0 Å². The van der Waals surface area contributed by atoms with Gasteiger partial charge in [-0.3, -0.25) is 9.59 Å². The fourth-order valence-electron chi connectivity index (χ4n) is 11.6. The molecule has 0 aliphatic rings. The lowest BCUT2D eigenvalue weighted by Crippen LogP contribution is -2.45. The number of aliphatic hydroxyl groups excluding tert-OH is 2. The van der Waals surface area contributed by atoms with Gasteiger partial charge in [-0.1, -0.05) is 379 Å². The molecule has 78 heavy (non-hydrogen) atoms. The van der Waals surface area contributed by atoms with E-state index in [1.807, 2.05) is 6.08 Å². The van der Waals surface area contributed by atoms with Crippen molar-refractivity contribution in [3.05, 3.63) is 12.2 Å². The van der Waals surface area contributed by atoms with Crippen molar-refractivity contribution in [2.45, 2.75) is 424 Å². The van der Waals surface area contributed by atoms with Crippen molar-refractivity contribution in [2.75, 3.05) is 13.2 Å². The predicted octanol–water partition coefficient (Wildman–Crippen LogP) is 23.1. The second-order valence-electron chi connectivity index (χ2n) is 24.9. The Morgan fingerprint density at radius 3 is 0.872 bits per heavy atom. The number of unbranched alkanes of at least 4 members (excludes halogenated alkanes) is 57. The van der Waals surface area contributed by atoms with Crippen LogP contribution in [0.5, 0.6) is 0 Å². The first-order chi connectivity index (χ1) is 38.5. The number of amides is 1. The van der Waals surface area contributed by atoms with Crippen LogP contribution < -0.4 is 5.32 Å². The molecule has 0 aromatic carbocycles. The summed E-state index contributed by atoms with van der Waals surface area (Å²) >= 11 is 0. The monoisotopic (exact) mass is 1100 g/mol. The van der Waals surface area contributed by atoms with Crippen molar-refractivity contribution in [1.29, 1.82) is 0 Å². The molecule has 0 aromatic rings. The van der Waals surface area contributed by atoms with Gasteiger partial charge in [-0.05, 0) is 32.1 Å². The van der Waals surface area contributed by atoms with Crippen LogP contribution in [0.25, 0.3) is 0 Å². The molecule has 0 heterocycles. The number of carbonyl (C=O) groups is 2. The maximum Gasteiger partial charge on any atom is 0.305 e. The van der Waals surface area contributed by atoms with E-state index in [4.69, 9.17) is 4.74 Å². The van der Waals surface area contributed by atoms with E-state index in [-0.39, 0.29) is 18.5 Å². The lowest BCUT2D eigenvalue weighted by atomic mass is 10.0. The third-order valence-corrected chi connectivity index (χ3v) is 17.1. The normalized spacial score (nSPS) is 12.5. The van der Waals surface area contributed by atoms with Gasteiger partial charge < -0.3 is 20.3 Å². The highest BCUT2D eigenvalue weighted by molar-refractivity contribution is 5.76. The minimum Gasteiger partial charge on any atom is -0.466 e. The van der Waals surface area contributed by atoms with Crippen LogP contribution in [-0.2, 0) is 14.3 Å². The summed E-state index contributed by atoms with van der Waals surface area (Å²) in [5.41, 5.74) is 0. The summed E-state index contributed by atoms with van der Waals surface area (Å²) in [5.74, 6) is -0.0381. The van der Waals surface area contributed by atoms with Gasteiger partial charge in [0, 0.05) is 12.8 Å². The van der Waals surface area contributed by atoms with Crippen LogP contribution in [0.1, 0.15) is 412 Å². The first-order valence-corrected chi connectivity index (χ1v) is 36.0. The number of ether oxygens (including phenoxy) is 1. The van der Waals surface area contributed by atoms with E-state index in [1.165, 1.54) is 347 Å². The maximum absolute atomic E-state index is 12.5. The van der Waals surface area contributed by atoms with Crippen LogP contribution in [0.15, 0.2) is 12.2 Å². The molecule has 0 saturated heterocycles. The number of hydrogen-bond acceptors (Lipinski definition) is 5. The van der Waals surface area contributed by atoms with Crippen LogP contribution in [0.3, 0.4) is 0 Å². The number of hydrogen-bond donors (Lipinski definition) is 3. The molecule has 1 amide bonds. The number of allylic oxidation sites excluding steroid dienone is 1. The summed E-state index contributed by atoms with van der Waals surface area (Å²) in [7, 11) is 0. The molecule has 0 aliphatic heterocycles. The summed E-state index contributed by atoms with van der Waals surface area (Å²) in [6, 6.07) is -0.625. The predicted molar refractivity (Wildman–Crippen MR) is 343 cm³/mol. The number of aliphatic hydroxyl groups is 2. The van der Waals surface area contributed by atoms with E-state index in [9.17, 15) is 19.8 Å². The Hall–Kier alpha value is -1.40. The van der Waals surface area contributed by atoms with Crippen molar-refractivity contribution in [2.24, 2.45) is 0 Å². The quantitative estimate of drug-likeness (QED) is 0.0320. The fraction of sp³-hybridized carbons (Fsp3) is 0.944. The summed E-state index contributed by atoms with van der Waals surface area (Å²) in [5, 5.41) is 23.2. The minimum atomic E-state index is -0.842. The van der Waals surface area contributed by atoms with Gasteiger partial charge in [0.25, 0.3) is 0 Å². The smallest absolute Gasteiger partial charge is 0.305 e. The van der Waals surface area contributed by atoms with Crippen molar-refractivity contribution in [1.82, 2.24) is 5.32 Å². The molecule has 6 heteroatoms. The van der Waals surface area contributed by atoms with Gasteiger partial charge in [0.05, 0.1) is 25.4 Å². The summed E-state index contributed by atoms with van der Waals surface area (Å²) in [4.78, 5) is 24.6. The van der Waals surface area contributed by atoms with Gasteiger partial charge in [-0.2, -0.15) is 0 Å². The van der Waals surface area contributed by atoms with Crippen molar-refractivity contribution in [3.8, 4) is 0 Å². The zero-order valence-electron chi connectivity index (χ0n) is 53.2. The highest BCUT2D eigenvalue weighted by Gasteiger charge is 2.18. The highest BCUT2D eigenvalue weighted by Crippen LogP contribution is 2.19. The third-order valence-electron chi connectivity index (χ3n) is 17.1. The molecular weight excluding hydrogens is 959 g/mol. The Morgan fingerprint density at radius 2 is 0.590 bits per heavy atom. The SMILES string of the molecule is CCCCCCCCCCCCCCCCC/C=C/C(O)C(CO)NC(=O)CCCCCCCCCCCCCCCCCCCCCCCCCCCCCCOC(=O)CCCCCCCCCCCCCCCCCC. The summed E-state index contributed by atoms with van der Waals surface area (Å²) in [6.45, 7) is 4.95. The Bertz CT molecular complexity index is 1180. The van der Waals surface area contributed by atoms with Gasteiger partial charge in [-0.25, -0.2) is 0 Å². The summed E-state index contributed by atoms with van der Waals surface area (Å²) < 4.78 is 5.51. The molecule has 0 radical (unpaired) electrons. The van der Waals surface area contributed by atoms with E-state index in [0.29, 0.717) is 19.4 Å². The molecule has 2 atom stereocenters. The van der Waals surface area contributed by atoms with Gasteiger partial charge in [0.1, 0.15) is 0 Å². The van der Waals surface area contributed by atoms with Crippen molar-refractivity contribution < 1.29 is 24.5 Å². The Morgan fingerprint density at radius 1 is 0.346 bits per heavy atom. The number of carbonyl (C=O) groups excluding carboxylic acids is 2. The molecule has 2 unspecified atom stereocenters. The second kappa shape index (κ2) is 68.1. The molecule has 6 nitrogen and oxygen atoms in total. The molecule has 0 fully saturated rings.